The number of hydrogen-bond acceptors (Lipinski definition) is 15. The Morgan fingerprint density at radius 2 is 1.32 bits per heavy atom. The molecule has 3 heterocycles. The van der Waals surface area contributed by atoms with Gasteiger partial charge in [0.05, 0.1) is 41.5 Å². The first-order valence-corrected chi connectivity index (χ1v) is 22.5. The van der Waals surface area contributed by atoms with Gasteiger partial charge in [0.25, 0.3) is 0 Å². The van der Waals surface area contributed by atoms with Crippen molar-refractivity contribution in [3.8, 4) is 17.4 Å². The molecule has 2 aromatic rings. The number of benzene rings is 1. The minimum atomic E-state index is -1.57. The molecule has 1 aromatic carbocycles. The Labute approximate surface area is 383 Å². The van der Waals surface area contributed by atoms with E-state index >= 15 is 0 Å². The predicted octanol–water partition coefficient (Wildman–Crippen LogP) is 7.49. The van der Waals surface area contributed by atoms with E-state index in [1.165, 1.54) is 0 Å². The first kappa shape index (κ1) is 52.7. The van der Waals surface area contributed by atoms with Crippen molar-refractivity contribution in [2.45, 2.75) is 172 Å². The van der Waals surface area contributed by atoms with Crippen LogP contribution in [0.4, 0.5) is 0 Å². The van der Waals surface area contributed by atoms with Gasteiger partial charge in [0.1, 0.15) is 30.3 Å². The summed E-state index contributed by atoms with van der Waals surface area (Å²) in [6.45, 7) is 24.7. The Balaban J connectivity index is 1.86. The van der Waals surface area contributed by atoms with Crippen LogP contribution < -0.4 is 14.2 Å². The zero-order valence-corrected chi connectivity index (χ0v) is 40.7. The summed E-state index contributed by atoms with van der Waals surface area (Å²) in [5.41, 5.74) is -2.00. The maximum atomic E-state index is 13.9. The van der Waals surface area contributed by atoms with Gasteiger partial charge in [0, 0.05) is 43.0 Å². The molecule has 17 heteroatoms. The molecule has 0 saturated carbocycles. The third-order valence-electron chi connectivity index (χ3n) is 10.5. The van der Waals surface area contributed by atoms with Crippen LogP contribution in [0, 0.1) is 21.7 Å². The SMILES string of the molecule is CC(C)c1[nH]nc(OC2O[C@H](COC(=O)C(C)(C)C)[C@@H](OC(=O)C(C)(C)C)[C@H](OC(=O)C(C)(C)C)[C@H]2OC(=O)C(C)(C)C)c1Cc1ccc(OCCCC(=O)O)cc1OC1CCOCC1. The molecule has 5 atom stereocenters. The van der Waals surface area contributed by atoms with Gasteiger partial charge in [-0.15, -0.1) is 5.10 Å². The van der Waals surface area contributed by atoms with Crippen LogP contribution in [-0.4, -0.2) is 108 Å². The summed E-state index contributed by atoms with van der Waals surface area (Å²) in [6, 6.07) is 5.43. The highest BCUT2D eigenvalue weighted by molar-refractivity contribution is 5.78. The number of aromatic nitrogens is 2. The second kappa shape index (κ2) is 21.6. The van der Waals surface area contributed by atoms with E-state index in [1.54, 1.807) is 95.2 Å². The molecule has 65 heavy (non-hydrogen) atoms. The summed E-state index contributed by atoms with van der Waals surface area (Å²) >= 11 is 0. The lowest BCUT2D eigenvalue weighted by atomic mass is 9.93. The van der Waals surface area contributed by atoms with Gasteiger partial charge in [-0.3, -0.25) is 29.1 Å². The third-order valence-corrected chi connectivity index (χ3v) is 10.5. The Hall–Kier alpha value is -4.90. The van der Waals surface area contributed by atoms with Crippen molar-refractivity contribution >= 4 is 29.8 Å². The number of nitrogens with zero attached hydrogens (tertiary/aromatic N) is 1. The van der Waals surface area contributed by atoms with Crippen molar-refractivity contribution in [1.29, 1.82) is 0 Å². The molecule has 2 saturated heterocycles. The summed E-state index contributed by atoms with van der Waals surface area (Å²) in [5, 5.41) is 16.8. The Bertz CT molecular complexity index is 1960. The fourth-order valence-corrected chi connectivity index (χ4v) is 6.46. The number of aliphatic carboxylic acids is 1. The van der Waals surface area contributed by atoms with Gasteiger partial charge in [-0.2, -0.15) is 0 Å². The minimum absolute atomic E-state index is 0.0307. The number of carbonyl (C=O) groups excluding carboxylic acids is 4. The van der Waals surface area contributed by atoms with E-state index in [2.05, 4.69) is 10.2 Å². The summed E-state index contributed by atoms with van der Waals surface area (Å²) in [4.78, 5) is 65.7. The van der Waals surface area contributed by atoms with Crippen LogP contribution in [0.5, 0.6) is 17.4 Å². The van der Waals surface area contributed by atoms with Gasteiger partial charge in [-0.1, -0.05) is 19.9 Å². The number of carboxylic acid groups (broad SMARTS) is 1. The van der Waals surface area contributed by atoms with Crippen LogP contribution in [0.2, 0.25) is 0 Å². The lowest BCUT2D eigenvalue weighted by molar-refractivity contribution is -0.294. The Kier molecular flexibility index (Phi) is 17.5. The lowest BCUT2D eigenvalue weighted by Crippen LogP contribution is -2.65. The molecule has 2 N–H and O–H groups in total. The second-order valence-corrected chi connectivity index (χ2v) is 21.2. The number of carboxylic acids is 1. The van der Waals surface area contributed by atoms with E-state index in [0.29, 0.717) is 55.2 Å². The first-order chi connectivity index (χ1) is 30.1. The molecule has 364 valence electrons. The number of H-pyrrole nitrogens is 1. The lowest BCUT2D eigenvalue weighted by Gasteiger charge is -2.45. The van der Waals surface area contributed by atoms with E-state index in [4.69, 9.17) is 47.7 Å². The third kappa shape index (κ3) is 15.1. The van der Waals surface area contributed by atoms with Crippen molar-refractivity contribution < 1.29 is 71.7 Å². The number of ether oxygens (including phenoxy) is 9. The van der Waals surface area contributed by atoms with Crippen LogP contribution in [0.1, 0.15) is 145 Å². The largest absolute Gasteiger partial charge is 0.493 e. The fourth-order valence-electron chi connectivity index (χ4n) is 6.46. The zero-order chi connectivity index (χ0) is 48.7. The van der Waals surface area contributed by atoms with Gasteiger partial charge in [0.2, 0.25) is 18.3 Å². The summed E-state index contributed by atoms with van der Waals surface area (Å²) < 4.78 is 55.7. The van der Waals surface area contributed by atoms with E-state index in [-0.39, 0.29) is 37.4 Å². The maximum Gasteiger partial charge on any atom is 0.311 e. The molecule has 0 bridgehead atoms. The van der Waals surface area contributed by atoms with E-state index < -0.39 is 88.8 Å². The molecular formula is C48H72N2O15. The van der Waals surface area contributed by atoms with E-state index in [0.717, 1.165) is 5.56 Å². The molecular weight excluding hydrogens is 845 g/mol. The molecule has 0 spiro atoms. The molecule has 0 amide bonds. The summed E-state index contributed by atoms with van der Waals surface area (Å²) in [6.07, 6.45) is -5.65. The average molecular weight is 917 g/mol. The van der Waals surface area contributed by atoms with Crippen LogP contribution >= 0.6 is 0 Å². The van der Waals surface area contributed by atoms with Gasteiger partial charge in [-0.05, 0) is 107 Å². The van der Waals surface area contributed by atoms with Gasteiger partial charge in [-0.25, -0.2) is 0 Å². The van der Waals surface area contributed by atoms with Gasteiger partial charge in [0.15, 0.2) is 12.2 Å². The first-order valence-electron chi connectivity index (χ1n) is 22.5. The number of carbonyl (C=O) groups is 5. The van der Waals surface area contributed by atoms with Crippen molar-refractivity contribution in [1.82, 2.24) is 10.2 Å². The van der Waals surface area contributed by atoms with Crippen LogP contribution in [0.25, 0.3) is 0 Å². The molecule has 2 fully saturated rings. The second-order valence-electron chi connectivity index (χ2n) is 21.2. The van der Waals surface area contributed by atoms with Crippen molar-refractivity contribution in [2.75, 3.05) is 26.4 Å². The normalized spacial score (nSPS) is 21.0. The zero-order valence-electron chi connectivity index (χ0n) is 40.7. The standard InChI is InChI=1S/C48H72N2O15/c1-27(2)35-31(24-28-17-18-30(58-21-15-16-34(51)52)25-32(28)60-29-19-22-57-23-20-29)39(50-49-35)65-40-38(64-44(56)48(12,13)14)37(63-43(55)47(9,10)11)36(62-42(54)46(6,7)8)33(61-40)26-59-41(53)45(3,4)5/h17-18,25,27,29,33,36-38,40H,15-16,19-24,26H2,1-14H3,(H,49,50)(H,51,52)/t33-,36-,37+,38-,40?/m1/s1. The maximum absolute atomic E-state index is 13.9. The topological polar surface area (TPSA) is 217 Å². The molecule has 1 aromatic heterocycles. The smallest absolute Gasteiger partial charge is 0.311 e. The summed E-state index contributed by atoms with van der Waals surface area (Å²) in [7, 11) is 0. The highest BCUT2D eigenvalue weighted by Crippen LogP contribution is 2.38. The highest BCUT2D eigenvalue weighted by Gasteiger charge is 2.56. The quantitative estimate of drug-likeness (QED) is 0.0892. The molecule has 17 nitrogen and oxygen atoms in total. The molecule has 1 unspecified atom stereocenters. The number of esters is 4. The van der Waals surface area contributed by atoms with Gasteiger partial charge < -0.3 is 47.7 Å². The molecule has 0 aliphatic carbocycles. The van der Waals surface area contributed by atoms with Crippen LogP contribution in [0.3, 0.4) is 0 Å². The minimum Gasteiger partial charge on any atom is -0.493 e. The van der Waals surface area contributed by atoms with Crippen LogP contribution in [-0.2, 0) is 58.8 Å². The van der Waals surface area contributed by atoms with E-state index in [9.17, 15) is 24.0 Å². The molecule has 4 rings (SSSR count). The van der Waals surface area contributed by atoms with Crippen molar-refractivity contribution in [3.63, 3.8) is 0 Å². The van der Waals surface area contributed by atoms with E-state index in [1.807, 2.05) is 19.9 Å². The fraction of sp³-hybridized carbons (Fsp3) is 0.708. The Morgan fingerprint density at radius 3 is 1.86 bits per heavy atom. The van der Waals surface area contributed by atoms with Crippen molar-refractivity contribution in [3.05, 3.63) is 35.0 Å². The van der Waals surface area contributed by atoms with Crippen LogP contribution in [0.15, 0.2) is 18.2 Å². The number of rotatable bonds is 17. The predicted molar refractivity (Wildman–Crippen MR) is 236 cm³/mol. The Morgan fingerprint density at radius 1 is 0.769 bits per heavy atom. The highest BCUT2D eigenvalue weighted by atomic mass is 16.7. The number of hydrogen-bond donors (Lipinski definition) is 2. The van der Waals surface area contributed by atoms with Gasteiger partial charge >= 0.3 is 29.8 Å². The van der Waals surface area contributed by atoms with Crippen molar-refractivity contribution in [2.24, 2.45) is 21.7 Å². The summed E-state index contributed by atoms with van der Waals surface area (Å²) in [5.74, 6) is -2.54. The number of aromatic amines is 1. The number of nitrogens with one attached hydrogen (secondary N) is 1. The molecule has 2 aliphatic heterocycles. The average Bonchev–Trinajstić information content (AvgIpc) is 3.59. The monoisotopic (exact) mass is 916 g/mol. The molecule has 0 radical (unpaired) electrons. The molecule has 2 aliphatic rings.